The van der Waals surface area contributed by atoms with Gasteiger partial charge in [-0.05, 0) is 13.3 Å². The normalized spacial score (nSPS) is 24.1. The fourth-order valence-electron chi connectivity index (χ4n) is 2.32. The van der Waals surface area contributed by atoms with Gasteiger partial charge in [-0.25, -0.2) is 9.67 Å². The van der Waals surface area contributed by atoms with Crippen molar-refractivity contribution in [2.75, 3.05) is 13.1 Å². The molecule has 0 bridgehead atoms. The number of halogens is 3. The van der Waals surface area contributed by atoms with Crippen molar-refractivity contribution in [3.8, 4) is 0 Å². The van der Waals surface area contributed by atoms with Crippen LogP contribution in [0.15, 0.2) is 12.7 Å². The summed E-state index contributed by atoms with van der Waals surface area (Å²) in [5, 5.41) is 12.7. The highest BCUT2D eigenvalue weighted by molar-refractivity contribution is 5.83. The Balaban J connectivity index is 2.18. The summed E-state index contributed by atoms with van der Waals surface area (Å²) in [4.78, 5) is 27.8. The topological polar surface area (TPSA) is 88.3 Å². The smallest absolute Gasteiger partial charge is 0.406 e. The number of aromatic nitrogens is 3. The van der Waals surface area contributed by atoms with Crippen LogP contribution in [0.4, 0.5) is 13.2 Å². The third kappa shape index (κ3) is 2.45. The van der Waals surface area contributed by atoms with Crippen molar-refractivity contribution in [3.05, 3.63) is 12.7 Å². The fraction of sp³-hybridized carbons (Fsp3) is 0.636. The van der Waals surface area contributed by atoms with Crippen LogP contribution in [-0.2, 0) is 9.59 Å². The maximum Gasteiger partial charge on any atom is 0.406 e. The van der Waals surface area contributed by atoms with Crippen LogP contribution < -0.4 is 0 Å². The van der Waals surface area contributed by atoms with Gasteiger partial charge in [0.2, 0.25) is 5.91 Å². The summed E-state index contributed by atoms with van der Waals surface area (Å²) in [5.41, 5.74) is -2.90. The molecule has 1 aromatic heterocycles. The molecule has 0 spiro atoms. The molecular formula is C11H13F3N4O3. The van der Waals surface area contributed by atoms with Crippen molar-refractivity contribution in [1.29, 1.82) is 0 Å². The second-order valence-corrected chi connectivity index (χ2v) is 4.95. The molecule has 1 aliphatic heterocycles. The van der Waals surface area contributed by atoms with Gasteiger partial charge in [-0.2, -0.15) is 18.3 Å². The minimum atomic E-state index is -4.91. The Kier molecular flexibility index (Phi) is 3.64. The molecule has 2 rings (SSSR count). The number of hydrogen-bond donors (Lipinski definition) is 1. The first-order chi connectivity index (χ1) is 9.69. The van der Waals surface area contributed by atoms with E-state index < -0.39 is 42.5 Å². The van der Waals surface area contributed by atoms with E-state index in [2.05, 4.69) is 10.1 Å². The zero-order chi connectivity index (χ0) is 15.8. The molecule has 2 unspecified atom stereocenters. The lowest BCUT2D eigenvalue weighted by atomic mass is 9.86. The van der Waals surface area contributed by atoms with Gasteiger partial charge in [0.1, 0.15) is 18.7 Å². The zero-order valence-electron chi connectivity index (χ0n) is 11.0. The summed E-state index contributed by atoms with van der Waals surface area (Å²) in [6.07, 6.45) is -3.09. The summed E-state index contributed by atoms with van der Waals surface area (Å²) in [5.74, 6) is -2.58. The summed E-state index contributed by atoms with van der Waals surface area (Å²) in [6.45, 7) is 0.318. The van der Waals surface area contributed by atoms with E-state index in [1.54, 1.807) is 0 Å². The van der Waals surface area contributed by atoms with Crippen LogP contribution in [0.2, 0.25) is 0 Å². The molecule has 0 aromatic carbocycles. The Hall–Kier alpha value is -2.13. The number of alkyl halides is 3. The Bertz CT molecular complexity index is 545. The van der Waals surface area contributed by atoms with E-state index in [1.165, 1.54) is 24.3 Å². The van der Waals surface area contributed by atoms with Gasteiger partial charge < -0.3 is 10.0 Å². The predicted octanol–water partition coefficient (Wildman–Crippen LogP) is 0.705. The number of carbonyl (C=O) groups excluding carboxylic acids is 1. The molecule has 116 valence electrons. The maximum absolute atomic E-state index is 13.0. The largest absolute Gasteiger partial charge is 0.481 e. The van der Waals surface area contributed by atoms with Crippen LogP contribution in [0.25, 0.3) is 0 Å². The van der Waals surface area contributed by atoms with Gasteiger partial charge in [0.05, 0.1) is 0 Å². The molecule has 0 radical (unpaired) electrons. The molecule has 10 heteroatoms. The van der Waals surface area contributed by atoms with Crippen molar-refractivity contribution in [1.82, 2.24) is 19.7 Å². The Morgan fingerprint density at radius 2 is 2.10 bits per heavy atom. The minimum Gasteiger partial charge on any atom is -0.481 e. The first-order valence-corrected chi connectivity index (χ1v) is 6.12. The van der Waals surface area contributed by atoms with E-state index in [9.17, 15) is 22.8 Å². The number of rotatable bonds is 3. The van der Waals surface area contributed by atoms with Crippen molar-refractivity contribution in [3.63, 3.8) is 0 Å². The predicted molar refractivity (Wildman–Crippen MR) is 62.1 cm³/mol. The highest BCUT2D eigenvalue weighted by Gasteiger charge is 2.64. The minimum absolute atomic E-state index is 0.260. The molecule has 0 saturated carbocycles. The van der Waals surface area contributed by atoms with Gasteiger partial charge in [0.15, 0.2) is 5.41 Å². The molecule has 21 heavy (non-hydrogen) atoms. The van der Waals surface area contributed by atoms with Crippen LogP contribution in [0.3, 0.4) is 0 Å². The van der Waals surface area contributed by atoms with Crippen LogP contribution in [0, 0.1) is 5.41 Å². The number of nitrogens with zero attached hydrogens (tertiary/aromatic N) is 4. The van der Waals surface area contributed by atoms with Crippen molar-refractivity contribution in [2.24, 2.45) is 5.41 Å². The van der Waals surface area contributed by atoms with E-state index in [-0.39, 0.29) is 6.54 Å². The van der Waals surface area contributed by atoms with Crippen LogP contribution >= 0.6 is 0 Å². The van der Waals surface area contributed by atoms with Gasteiger partial charge in [-0.3, -0.25) is 9.59 Å². The zero-order valence-corrected chi connectivity index (χ0v) is 11.0. The van der Waals surface area contributed by atoms with Gasteiger partial charge >= 0.3 is 12.1 Å². The summed E-state index contributed by atoms with van der Waals surface area (Å²) in [7, 11) is 0. The highest BCUT2D eigenvalue weighted by Crippen LogP contribution is 2.46. The number of aliphatic carboxylic acids is 1. The Morgan fingerprint density at radius 1 is 1.43 bits per heavy atom. The van der Waals surface area contributed by atoms with Crippen LogP contribution in [0.5, 0.6) is 0 Å². The molecule has 1 amide bonds. The highest BCUT2D eigenvalue weighted by atomic mass is 19.4. The SMILES string of the molecule is CC(C(=O)N1CCC(C(=O)O)(C(F)(F)F)C1)n1cncn1. The lowest BCUT2D eigenvalue weighted by Gasteiger charge is -2.28. The summed E-state index contributed by atoms with van der Waals surface area (Å²) in [6, 6.07) is -0.842. The van der Waals surface area contributed by atoms with E-state index in [0.29, 0.717) is 0 Å². The number of carbonyl (C=O) groups is 2. The summed E-state index contributed by atoms with van der Waals surface area (Å²) < 4.78 is 40.3. The molecule has 1 N–H and O–H groups in total. The average molecular weight is 306 g/mol. The van der Waals surface area contributed by atoms with Gasteiger partial charge in [-0.15, -0.1) is 0 Å². The third-order valence-corrected chi connectivity index (χ3v) is 3.72. The van der Waals surface area contributed by atoms with E-state index in [1.807, 2.05) is 0 Å². The van der Waals surface area contributed by atoms with Crippen molar-refractivity contribution < 1.29 is 27.9 Å². The number of amides is 1. The summed E-state index contributed by atoms with van der Waals surface area (Å²) >= 11 is 0. The van der Waals surface area contributed by atoms with Crippen LogP contribution in [-0.4, -0.2) is 55.9 Å². The Labute approximate surface area is 117 Å². The van der Waals surface area contributed by atoms with E-state index >= 15 is 0 Å². The molecular weight excluding hydrogens is 293 g/mol. The number of likely N-dealkylation sites (tertiary alicyclic amines) is 1. The second kappa shape index (κ2) is 5.01. The van der Waals surface area contributed by atoms with Gasteiger partial charge in [-0.1, -0.05) is 0 Å². The molecule has 7 nitrogen and oxygen atoms in total. The molecule has 1 fully saturated rings. The first kappa shape index (κ1) is 15.3. The molecule has 1 aliphatic rings. The molecule has 1 saturated heterocycles. The van der Waals surface area contributed by atoms with Crippen molar-refractivity contribution >= 4 is 11.9 Å². The number of carboxylic acid groups (broad SMARTS) is 1. The third-order valence-electron chi connectivity index (χ3n) is 3.72. The molecule has 2 heterocycles. The lowest BCUT2D eigenvalue weighted by molar-refractivity contribution is -0.227. The fourth-order valence-corrected chi connectivity index (χ4v) is 2.32. The maximum atomic E-state index is 13.0. The Morgan fingerprint density at radius 3 is 2.52 bits per heavy atom. The lowest BCUT2D eigenvalue weighted by Crippen LogP contribution is -2.48. The quantitative estimate of drug-likeness (QED) is 0.888. The van der Waals surface area contributed by atoms with Gasteiger partial charge in [0.25, 0.3) is 0 Å². The standard InChI is InChI=1S/C11H13F3N4O3/c1-7(18-6-15-5-16-18)8(19)17-3-2-10(4-17,9(20)21)11(12,13)14/h5-7H,2-4H2,1H3,(H,20,21). The van der Waals surface area contributed by atoms with Gasteiger partial charge in [0, 0.05) is 13.1 Å². The number of hydrogen-bond acceptors (Lipinski definition) is 4. The monoisotopic (exact) mass is 306 g/mol. The van der Waals surface area contributed by atoms with E-state index in [4.69, 9.17) is 5.11 Å². The molecule has 1 aromatic rings. The second-order valence-electron chi connectivity index (χ2n) is 4.95. The molecule has 0 aliphatic carbocycles. The molecule has 2 atom stereocenters. The van der Waals surface area contributed by atoms with Crippen molar-refractivity contribution in [2.45, 2.75) is 25.6 Å². The van der Waals surface area contributed by atoms with Crippen LogP contribution in [0.1, 0.15) is 19.4 Å². The number of carboxylic acids is 1. The van der Waals surface area contributed by atoms with E-state index in [0.717, 1.165) is 4.90 Å². The first-order valence-electron chi connectivity index (χ1n) is 6.12. The average Bonchev–Trinajstić information content (AvgIpc) is 3.05.